The van der Waals surface area contributed by atoms with E-state index in [0.717, 1.165) is 44.7 Å². The molecule has 7 heteroatoms. The minimum Gasteiger partial charge on any atom is -0.399 e. The number of nitrogens with zero attached hydrogens (tertiary/aromatic N) is 3. The maximum Gasteiger partial charge on any atom is 0.497 e. The smallest absolute Gasteiger partial charge is 0.399 e. The highest BCUT2D eigenvalue weighted by atomic mass is 32.1. The molecule has 184 valence electrons. The van der Waals surface area contributed by atoms with E-state index in [1.165, 1.54) is 11.7 Å². The Balaban J connectivity index is 1.37. The molecule has 1 aliphatic rings. The van der Waals surface area contributed by atoms with Gasteiger partial charge in [-0.05, 0) is 69.7 Å². The second kappa shape index (κ2) is 9.10. The fourth-order valence-corrected chi connectivity index (χ4v) is 5.25. The Morgan fingerprint density at radius 2 is 1.14 bits per heavy atom. The predicted molar refractivity (Wildman–Crippen MR) is 153 cm³/mol. The van der Waals surface area contributed by atoms with Crippen molar-refractivity contribution in [2.75, 3.05) is 4.90 Å². The number of rotatable bonds is 5. The summed E-state index contributed by atoms with van der Waals surface area (Å²) in [7, 11) is -0.474. The Morgan fingerprint density at radius 3 is 1.70 bits per heavy atom. The van der Waals surface area contributed by atoms with E-state index in [9.17, 15) is 0 Å². The highest BCUT2D eigenvalue weighted by molar-refractivity contribution is 7.00. The minimum atomic E-state index is -0.474. The van der Waals surface area contributed by atoms with E-state index in [1.54, 1.807) is 0 Å². The summed E-state index contributed by atoms with van der Waals surface area (Å²) in [6.45, 7) is 8.25. The summed E-state index contributed by atoms with van der Waals surface area (Å²) in [5, 5.41) is 0. The van der Waals surface area contributed by atoms with Gasteiger partial charge in [0, 0.05) is 28.1 Å². The van der Waals surface area contributed by atoms with Crippen molar-refractivity contribution >= 4 is 52.4 Å². The Hall–Kier alpha value is -3.52. The van der Waals surface area contributed by atoms with Gasteiger partial charge in [0.2, 0.25) is 0 Å². The maximum atomic E-state index is 6.31. The summed E-state index contributed by atoms with van der Waals surface area (Å²) in [5.41, 5.74) is 7.23. The van der Waals surface area contributed by atoms with Gasteiger partial charge >= 0.3 is 7.12 Å². The Bertz CT molecular complexity index is 1480. The van der Waals surface area contributed by atoms with Crippen molar-refractivity contribution < 1.29 is 9.31 Å². The van der Waals surface area contributed by atoms with Gasteiger partial charge < -0.3 is 14.2 Å². The van der Waals surface area contributed by atoms with E-state index < -0.39 is 18.3 Å². The molecule has 0 bridgehead atoms. The minimum absolute atomic E-state index is 0.411. The summed E-state index contributed by atoms with van der Waals surface area (Å²) in [5.74, 6) is 0. The van der Waals surface area contributed by atoms with Gasteiger partial charge in [0.05, 0.1) is 22.9 Å². The van der Waals surface area contributed by atoms with Crippen LogP contribution in [0.4, 0.5) is 17.1 Å². The third kappa shape index (κ3) is 4.23. The number of para-hydroxylation sites is 2. The van der Waals surface area contributed by atoms with E-state index in [1.807, 2.05) is 12.1 Å². The third-order valence-corrected chi connectivity index (χ3v) is 7.95. The van der Waals surface area contributed by atoms with Gasteiger partial charge in [-0.15, -0.1) is 0 Å². The first kappa shape index (κ1) is 23.9. The monoisotopic (exact) mass is 505 g/mol. The lowest BCUT2D eigenvalue weighted by Gasteiger charge is -2.32. The van der Waals surface area contributed by atoms with Gasteiger partial charge in [0.1, 0.15) is 11.0 Å². The van der Waals surface area contributed by atoms with Crippen LogP contribution in [-0.4, -0.2) is 27.1 Å². The molecule has 4 aromatic carbocycles. The SMILES string of the molecule is CC1(C)OB(c2ccc(-c3ccc(N(c4ccccc4)c4ccccc4)cc3)c3nsnc23)OC1(C)C. The molecule has 1 saturated heterocycles. The Kier molecular flexibility index (Phi) is 5.87. The standard InChI is InChI=1S/C30H28BN3O2S/c1-29(2)30(3,4)36-31(35-29)26-20-19-25(27-28(26)33-37-32-27)21-15-17-24(18-16-21)34(22-11-7-5-8-12-22)23-13-9-6-10-14-23/h5-20H,1-4H3. The summed E-state index contributed by atoms with van der Waals surface area (Å²) in [6.07, 6.45) is 0. The lowest BCUT2D eigenvalue weighted by atomic mass is 9.77. The molecule has 2 heterocycles. The summed E-state index contributed by atoms with van der Waals surface area (Å²) < 4.78 is 21.9. The first-order chi connectivity index (χ1) is 17.8. The lowest BCUT2D eigenvalue weighted by Crippen LogP contribution is -2.41. The number of hydrogen-bond acceptors (Lipinski definition) is 6. The van der Waals surface area contributed by atoms with Crippen molar-refractivity contribution in [1.29, 1.82) is 0 Å². The van der Waals surface area contributed by atoms with Gasteiger partial charge in [-0.2, -0.15) is 8.75 Å². The molecular formula is C30H28BN3O2S. The van der Waals surface area contributed by atoms with Crippen LogP contribution in [0.1, 0.15) is 27.7 Å². The van der Waals surface area contributed by atoms with E-state index in [4.69, 9.17) is 9.31 Å². The molecule has 0 spiro atoms. The van der Waals surface area contributed by atoms with Crippen LogP contribution >= 0.6 is 11.7 Å². The van der Waals surface area contributed by atoms with Gasteiger partial charge in [0.25, 0.3) is 0 Å². The largest absolute Gasteiger partial charge is 0.497 e. The van der Waals surface area contributed by atoms with Crippen LogP contribution in [0.2, 0.25) is 0 Å². The number of anilines is 3. The molecule has 0 radical (unpaired) electrons. The van der Waals surface area contributed by atoms with E-state index in [2.05, 4.69) is 126 Å². The van der Waals surface area contributed by atoms with Gasteiger partial charge in [0.15, 0.2) is 0 Å². The molecule has 5 aromatic rings. The number of fused-ring (bicyclic) bond motifs is 1. The van der Waals surface area contributed by atoms with Crippen molar-refractivity contribution in [2.45, 2.75) is 38.9 Å². The molecule has 6 rings (SSSR count). The molecule has 5 nitrogen and oxygen atoms in total. The molecule has 37 heavy (non-hydrogen) atoms. The second-order valence-electron chi connectivity index (χ2n) is 10.3. The van der Waals surface area contributed by atoms with Crippen molar-refractivity contribution in [2.24, 2.45) is 0 Å². The number of aromatic nitrogens is 2. The Labute approximate surface area is 222 Å². The fourth-order valence-electron chi connectivity index (χ4n) is 4.67. The zero-order valence-corrected chi connectivity index (χ0v) is 22.2. The molecule has 0 aliphatic carbocycles. The third-order valence-electron chi connectivity index (χ3n) is 7.42. The molecule has 0 unspecified atom stereocenters. The zero-order valence-electron chi connectivity index (χ0n) is 21.4. The average Bonchev–Trinajstić information content (AvgIpc) is 3.47. The second-order valence-corrected chi connectivity index (χ2v) is 10.8. The average molecular weight is 505 g/mol. The summed E-state index contributed by atoms with van der Waals surface area (Å²) in [6, 6.07) is 33.6. The zero-order chi connectivity index (χ0) is 25.6. The van der Waals surface area contributed by atoms with Crippen molar-refractivity contribution in [3.8, 4) is 11.1 Å². The van der Waals surface area contributed by atoms with Crippen LogP contribution in [0.5, 0.6) is 0 Å². The number of benzene rings is 4. The van der Waals surface area contributed by atoms with E-state index in [0.29, 0.717) is 0 Å². The topological polar surface area (TPSA) is 47.5 Å². The van der Waals surface area contributed by atoms with Crippen molar-refractivity contribution in [3.05, 3.63) is 97.1 Å². The van der Waals surface area contributed by atoms with E-state index >= 15 is 0 Å². The van der Waals surface area contributed by atoms with Gasteiger partial charge in [-0.1, -0.05) is 60.7 Å². The van der Waals surface area contributed by atoms with Gasteiger partial charge in [-0.25, -0.2) is 0 Å². The molecule has 0 amide bonds. The van der Waals surface area contributed by atoms with Crippen LogP contribution in [-0.2, 0) is 9.31 Å². The van der Waals surface area contributed by atoms with Crippen LogP contribution in [0.15, 0.2) is 97.1 Å². The summed E-state index contributed by atoms with van der Waals surface area (Å²) in [4.78, 5) is 2.26. The number of hydrogen-bond donors (Lipinski definition) is 0. The normalized spacial score (nSPS) is 16.3. The van der Waals surface area contributed by atoms with Gasteiger partial charge in [-0.3, -0.25) is 0 Å². The molecular weight excluding hydrogens is 477 g/mol. The van der Waals surface area contributed by atoms with Crippen LogP contribution < -0.4 is 10.4 Å². The quantitative estimate of drug-likeness (QED) is 0.238. The maximum absolute atomic E-state index is 6.31. The van der Waals surface area contributed by atoms with Crippen LogP contribution in [0, 0.1) is 0 Å². The van der Waals surface area contributed by atoms with Crippen LogP contribution in [0.3, 0.4) is 0 Å². The highest BCUT2D eigenvalue weighted by Gasteiger charge is 2.52. The molecule has 0 N–H and O–H groups in total. The molecule has 1 aromatic heterocycles. The molecule has 1 fully saturated rings. The van der Waals surface area contributed by atoms with Crippen LogP contribution in [0.25, 0.3) is 22.2 Å². The van der Waals surface area contributed by atoms with Crippen molar-refractivity contribution in [1.82, 2.24) is 8.75 Å². The predicted octanol–water partition coefficient (Wildman–Crippen LogP) is 7.13. The molecule has 0 saturated carbocycles. The van der Waals surface area contributed by atoms with Crippen molar-refractivity contribution in [3.63, 3.8) is 0 Å². The highest BCUT2D eigenvalue weighted by Crippen LogP contribution is 2.39. The first-order valence-electron chi connectivity index (χ1n) is 12.5. The van der Waals surface area contributed by atoms with E-state index in [-0.39, 0.29) is 0 Å². The Morgan fingerprint density at radius 1 is 0.622 bits per heavy atom. The fraction of sp³-hybridized carbons (Fsp3) is 0.200. The molecule has 0 atom stereocenters. The lowest BCUT2D eigenvalue weighted by molar-refractivity contribution is 0.00578. The summed E-state index contributed by atoms with van der Waals surface area (Å²) >= 11 is 1.22. The molecule has 1 aliphatic heterocycles. The first-order valence-corrected chi connectivity index (χ1v) is 13.2.